The maximum Gasteiger partial charge on any atom is 0.226 e. The SMILES string of the molecule is c1cc(-c2noc(CCCSc3nnnn3C3CCCC3)n2)ccn1. The molecule has 0 aromatic carbocycles. The van der Waals surface area contributed by atoms with Gasteiger partial charge in [0.2, 0.25) is 16.9 Å². The molecule has 0 spiro atoms. The van der Waals surface area contributed by atoms with Crippen molar-refractivity contribution in [2.75, 3.05) is 5.75 Å². The predicted molar refractivity (Wildman–Crippen MR) is 91.9 cm³/mol. The number of hydrogen-bond acceptors (Lipinski definition) is 8. The van der Waals surface area contributed by atoms with E-state index in [1.54, 1.807) is 24.2 Å². The van der Waals surface area contributed by atoms with E-state index >= 15 is 0 Å². The van der Waals surface area contributed by atoms with Crippen LogP contribution in [0, 0.1) is 0 Å². The highest BCUT2D eigenvalue weighted by atomic mass is 32.2. The number of thioether (sulfide) groups is 1. The van der Waals surface area contributed by atoms with E-state index < -0.39 is 0 Å². The molecule has 3 aromatic rings. The first-order chi connectivity index (χ1) is 12.4. The van der Waals surface area contributed by atoms with Gasteiger partial charge in [0.15, 0.2) is 0 Å². The van der Waals surface area contributed by atoms with Crippen molar-refractivity contribution < 1.29 is 4.52 Å². The van der Waals surface area contributed by atoms with Gasteiger partial charge in [-0.2, -0.15) is 4.98 Å². The topological polar surface area (TPSA) is 95.4 Å². The number of aryl methyl sites for hydroxylation is 1. The van der Waals surface area contributed by atoms with E-state index in [-0.39, 0.29) is 0 Å². The summed E-state index contributed by atoms with van der Waals surface area (Å²) in [5, 5.41) is 17.1. The van der Waals surface area contributed by atoms with Crippen LogP contribution in [0.1, 0.15) is 44.0 Å². The zero-order chi connectivity index (χ0) is 16.9. The van der Waals surface area contributed by atoms with Crippen LogP contribution in [0.5, 0.6) is 0 Å². The van der Waals surface area contributed by atoms with Crippen molar-refractivity contribution in [1.29, 1.82) is 0 Å². The monoisotopic (exact) mass is 357 g/mol. The van der Waals surface area contributed by atoms with E-state index in [1.165, 1.54) is 25.7 Å². The van der Waals surface area contributed by atoms with Crippen LogP contribution < -0.4 is 0 Å². The van der Waals surface area contributed by atoms with E-state index in [4.69, 9.17) is 4.52 Å². The lowest BCUT2D eigenvalue weighted by Crippen LogP contribution is -2.08. The molecule has 8 nitrogen and oxygen atoms in total. The standard InChI is InChI=1S/C16H19N7OS/c1-2-5-13(4-1)23-16(19-21-22-23)25-11-3-6-14-18-15(20-24-14)12-7-9-17-10-8-12/h7-10,13H,1-6,11H2. The summed E-state index contributed by atoms with van der Waals surface area (Å²) in [5.74, 6) is 2.18. The number of nitrogens with zero attached hydrogens (tertiary/aromatic N) is 7. The zero-order valence-electron chi connectivity index (χ0n) is 13.8. The molecule has 0 N–H and O–H groups in total. The Morgan fingerprint density at radius 1 is 1.20 bits per heavy atom. The third-order valence-electron chi connectivity index (χ3n) is 4.31. The number of pyridine rings is 1. The average Bonchev–Trinajstić information content (AvgIpc) is 3.40. The normalized spacial score (nSPS) is 15.0. The molecule has 130 valence electrons. The fourth-order valence-electron chi connectivity index (χ4n) is 3.02. The van der Waals surface area contributed by atoms with Gasteiger partial charge in [-0.15, -0.1) is 5.10 Å². The highest BCUT2D eigenvalue weighted by Crippen LogP contribution is 2.31. The molecule has 0 amide bonds. The van der Waals surface area contributed by atoms with Crippen molar-refractivity contribution >= 4 is 11.8 Å². The molecule has 0 radical (unpaired) electrons. The van der Waals surface area contributed by atoms with Crippen molar-refractivity contribution in [2.45, 2.75) is 49.7 Å². The summed E-state index contributed by atoms with van der Waals surface area (Å²) in [6, 6.07) is 4.21. The van der Waals surface area contributed by atoms with Gasteiger partial charge in [-0.25, -0.2) is 4.68 Å². The van der Waals surface area contributed by atoms with Gasteiger partial charge in [-0.3, -0.25) is 4.98 Å². The van der Waals surface area contributed by atoms with Gasteiger partial charge < -0.3 is 4.52 Å². The summed E-state index contributed by atoms with van der Waals surface area (Å²) >= 11 is 1.69. The highest BCUT2D eigenvalue weighted by molar-refractivity contribution is 7.99. The summed E-state index contributed by atoms with van der Waals surface area (Å²) in [5.41, 5.74) is 0.912. The lowest BCUT2D eigenvalue weighted by Gasteiger charge is -2.10. The van der Waals surface area contributed by atoms with E-state index in [2.05, 4.69) is 30.7 Å². The first-order valence-corrected chi connectivity index (χ1v) is 9.52. The molecule has 0 unspecified atom stereocenters. The molecule has 25 heavy (non-hydrogen) atoms. The van der Waals surface area contributed by atoms with Crippen LogP contribution in [-0.4, -0.2) is 41.1 Å². The third-order valence-corrected chi connectivity index (χ3v) is 5.33. The van der Waals surface area contributed by atoms with Gasteiger partial charge >= 0.3 is 0 Å². The van der Waals surface area contributed by atoms with Crippen LogP contribution in [0.2, 0.25) is 0 Å². The molecular weight excluding hydrogens is 338 g/mol. The lowest BCUT2D eigenvalue weighted by molar-refractivity contribution is 0.378. The molecule has 4 rings (SSSR count). The molecule has 1 saturated carbocycles. The van der Waals surface area contributed by atoms with Crippen LogP contribution in [0.4, 0.5) is 0 Å². The van der Waals surface area contributed by atoms with Crippen molar-refractivity contribution in [3.05, 3.63) is 30.4 Å². The highest BCUT2D eigenvalue weighted by Gasteiger charge is 2.21. The van der Waals surface area contributed by atoms with Crippen molar-refractivity contribution in [3.8, 4) is 11.4 Å². The summed E-state index contributed by atoms with van der Waals surface area (Å²) in [6.07, 6.45) is 10.0. The predicted octanol–water partition coefficient (Wildman–Crippen LogP) is 2.96. The van der Waals surface area contributed by atoms with Gasteiger partial charge in [0.1, 0.15) is 0 Å². The van der Waals surface area contributed by atoms with Crippen molar-refractivity contribution in [1.82, 2.24) is 35.3 Å². The zero-order valence-corrected chi connectivity index (χ0v) is 14.6. The Kier molecular flexibility index (Phi) is 5.01. The first-order valence-electron chi connectivity index (χ1n) is 8.54. The van der Waals surface area contributed by atoms with E-state index in [1.807, 2.05) is 16.8 Å². The second-order valence-corrected chi connectivity index (χ2v) is 7.11. The van der Waals surface area contributed by atoms with Gasteiger partial charge in [0, 0.05) is 30.1 Å². The second-order valence-electron chi connectivity index (χ2n) is 6.04. The number of aromatic nitrogens is 7. The Balaban J connectivity index is 1.28. The molecule has 0 aliphatic heterocycles. The summed E-state index contributed by atoms with van der Waals surface area (Å²) < 4.78 is 7.32. The Morgan fingerprint density at radius 3 is 2.88 bits per heavy atom. The number of rotatable bonds is 7. The van der Waals surface area contributed by atoms with E-state index in [9.17, 15) is 0 Å². The minimum Gasteiger partial charge on any atom is -0.339 e. The number of hydrogen-bond donors (Lipinski definition) is 0. The van der Waals surface area contributed by atoms with E-state index in [0.29, 0.717) is 17.8 Å². The Morgan fingerprint density at radius 2 is 2.04 bits per heavy atom. The van der Waals surface area contributed by atoms with Gasteiger partial charge in [0.25, 0.3) is 0 Å². The molecule has 0 bridgehead atoms. The Hall–Kier alpha value is -2.29. The van der Waals surface area contributed by atoms with Crippen LogP contribution >= 0.6 is 11.8 Å². The molecule has 0 atom stereocenters. The van der Waals surface area contributed by atoms with E-state index in [0.717, 1.165) is 29.3 Å². The summed E-state index contributed by atoms with van der Waals surface area (Å²) in [7, 11) is 0. The van der Waals surface area contributed by atoms with Gasteiger partial charge in [-0.1, -0.05) is 29.8 Å². The lowest BCUT2D eigenvalue weighted by atomic mass is 10.2. The molecular formula is C16H19N7OS. The van der Waals surface area contributed by atoms with Crippen LogP contribution in [0.15, 0.2) is 34.2 Å². The molecule has 0 saturated heterocycles. The van der Waals surface area contributed by atoms with Gasteiger partial charge in [-0.05, 0) is 41.8 Å². The first kappa shape index (κ1) is 16.2. The minimum absolute atomic E-state index is 0.469. The van der Waals surface area contributed by atoms with Crippen molar-refractivity contribution in [2.24, 2.45) is 0 Å². The fraction of sp³-hybridized carbons (Fsp3) is 0.500. The summed E-state index contributed by atoms with van der Waals surface area (Å²) in [4.78, 5) is 8.43. The minimum atomic E-state index is 0.469. The Bertz CT molecular complexity index is 798. The van der Waals surface area contributed by atoms with Crippen LogP contribution in [-0.2, 0) is 6.42 Å². The maximum atomic E-state index is 5.33. The van der Waals surface area contributed by atoms with Gasteiger partial charge in [0.05, 0.1) is 6.04 Å². The Labute approximate surface area is 149 Å². The largest absolute Gasteiger partial charge is 0.339 e. The molecule has 3 aromatic heterocycles. The quantitative estimate of drug-likeness (QED) is 0.470. The molecule has 1 aliphatic carbocycles. The molecule has 3 heterocycles. The van der Waals surface area contributed by atoms with Crippen molar-refractivity contribution in [3.63, 3.8) is 0 Å². The average molecular weight is 357 g/mol. The molecule has 1 aliphatic rings. The fourth-order valence-corrected chi connectivity index (χ4v) is 3.90. The van der Waals surface area contributed by atoms with Crippen LogP contribution in [0.3, 0.4) is 0 Å². The number of tetrazole rings is 1. The summed E-state index contributed by atoms with van der Waals surface area (Å²) in [6.45, 7) is 0. The maximum absolute atomic E-state index is 5.33. The smallest absolute Gasteiger partial charge is 0.226 e. The third kappa shape index (κ3) is 3.87. The second kappa shape index (κ2) is 7.73. The molecule has 1 fully saturated rings. The molecule has 9 heteroatoms. The van der Waals surface area contributed by atoms with Crippen LogP contribution in [0.25, 0.3) is 11.4 Å².